The fourth-order valence-electron chi connectivity index (χ4n) is 3.92. The van der Waals surface area contributed by atoms with Crippen LogP contribution in [-0.4, -0.2) is 34.3 Å². The van der Waals surface area contributed by atoms with Crippen molar-refractivity contribution >= 4 is 47.1 Å². The van der Waals surface area contributed by atoms with Gasteiger partial charge in [-0.3, -0.25) is 14.9 Å². The number of hydrogen-bond donors (Lipinski definition) is 2. The predicted octanol–water partition coefficient (Wildman–Crippen LogP) is 4.69. The molecule has 0 aliphatic carbocycles. The minimum Gasteiger partial charge on any atom is -0.459 e. The highest BCUT2D eigenvalue weighted by atomic mass is 35.5. The monoisotopic (exact) mass is 482 g/mol. The number of nitrogens with zero attached hydrogens (tertiary/aromatic N) is 2. The lowest BCUT2D eigenvalue weighted by Gasteiger charge is -2.21. The summed E-state index contributed by atoms with van der Waals surface area (Å²) in [4.78, 5) is 31.1. The van der Waals surface area contributed by atoms with Gasteiger partial charge in [0.25, 0.3) is 0 Å². The van der Waals surface area contributed by atoms with Crippen LogP contribution in [0.1, 0.15) is 49.6 Å². The third-order valence-corrected chi connectivity index (χ3v) is 5.97. The number of aryl methyl sites for hydroxylation is 1. The second kappa shape index (κ2) is 10.4. The number of para-hydroxylation sites is 1. The molecule has 0 fully saturated rings. The van der Waals surface area contributed by atoms with Crippen molar-refractivity contribution in [2.45, 2.75) is 52.2 Å². The molecule has 0 saturated carbocycles. The number of aromatic nitrogens is 1. The molecular weight excluding hydrogens is 452 g/mol. The van der Waals surface area contributed by atoms with E-state index in [0.29, 0.717) is 18.9 Å². The minimum absolute atomic E-state index is 0. The fourth-order valence-corrected chi connectivity index (χ4v) is 3.92. The number of rotatable bonds is 6. The Kier molecular flexibility index (Phi) is 7.79. The van der Waals surface area contributed by atoms with Crippen LogP contribution in [0.25, 0.3) is 17.0 Å². The van der Waals surface area contributed by atoms with E-state index in [1.54, 1.807) is 24.2 Å². The van der Waals surface area contributed by atoms with Crippen LogP contribution in [0.4, 0.5) is 5.82 Å². The van der Waals surface area contributed by atoms with Crippen LogP contribution in [0.15, 0.2) is 47.0 Å². The Labute approximate surface area is 206 Å². The normalized spacial score (nSPS) is 14.9. The maximum Gasteiger partial charge on any atom is 0.246 e. The Morgan fingerprint density at radius 2 is 2.06 bits per heavy atom. The van der Waals surface area contributed by atoms with Crippen molar-refractivity contribution in [3.63, 3.8) is 0 Å². The fraction of sp³-hybridized carbons (Fsp3) is 0.346. The number of benzene rings is 1. The van der Waals surface area contributed by atoms with Gasteiger partial charge < -0.3 is 14.6 Å². The number of nitrogens with one attached hydrogen (secondary N) is 2. The van der Waals surface area contributed by atoms with Crippen LogP contribution in [-0.2, 0) is 29.1 Å². The molecule has 1 aliphatic rings. The van der Waals surface area contributed by atoms with E-state index in [1.807, 2.05) is 38.1 Å². The first kappa shape index (κ1) is 25.5. The number of carbonyl (C=O) groups is 2. The van der Waals surface area contributed by atoms with E-state index in [4.69, 9.17) is 4.42 Å². The maximum absolute atomic E-state index is 12.8. The minimum atomic E-state index is -0.678. The van der Waals surface area contributed by atoms with E-state index >= 15 is 0 Å². The van der Waals surface area contributed by atoms with Crippen LogP contribution < -0.4 is 10.6 Å². The number of hydrogen-bond acceptors (Lipinski definition) is 5. The lowest BCUT2D eigenvalue weighted by molar-refractivity contribution is -0.125. The van der Waals surface area contributed by atoms with Gasteiger partial charge in [-0.2, -0.15) is 0 Å². The van der Waals surface area contributed by atoms with Crippen molar-refractivity contribution in [1.82, 2.24) is 15.2 Å². The summed E-state index contributed by atoms with van der Waals surface area (Å²) < 4.78 is 6.07. The molecule has 180 valence electrons. The van der Waals surface area contributed by atoms with Gasteiger partial charge in [0.1, 0.15) is 17.2 Å². The summed E-state index contributed by atoms with van der Waals surface area (Å²) in [7, 11) is 1.77. The number of halogens is 1. The molecule has 2 N–H and O–H groups in total. The van der Waals surface area contributed by atoms with Crippen molar-refractivity contribution in [1.29, 1.82) is 0 Å². The van der Waals surface area contributed by atoms with Crippen LogP contribution in [0.5, 0.6) is 0 Å². The van der Waals surface area contributed by atoms with Crippen LogP contribution >= 0.6 is 12.4 Å². The summed E-state index contributed by atoms with van der Waals surface area (Å²) >= 11 is 0. The van der Waals surface area contributed by atoms with Crippen molar-refractivity contribution < 1.29 is 14.0 Å². The topological polar surface area (TPSA) is 87.5 Å². The van der Waals surface area contributed by atoms with Gasteiger partial charge in [-0.05, 0) is 44.0 Å². The largest absolute Gasteiger partial charge is 0.459 e. The molecule has 0 radical (unpaired) electrons. The Morgan fingerprint density at radius 3 is 2.82 bits per heavy atom. The highest BCUT2D eigenvalue weighted by Gasteiger charge is 2.30. The summed E-state index contributed by atoms with van der Waals surface area (Å²) in [5, 5.41) is 7.20. The molecule has 1 aromatic carbocycles. The molecule has 8 heteroatoms. The predicted molar refractivity (Wildman–Crippen MR) is 137 cm³/mol. The number of fused-ring (bicyclic) bond motifs is 2. The molecule has 4 rings (SSSR count). The molecular formula is C26H31ClN4O3. The molecule has 7 nitrogen and oxygen atoms in total. The highest BCUT2D eigenvalue weighted by molar-refractivity contribution is 5.98. The first-order valence-corrected chi connectivity index (χ1v) is 11.3. The number of anilines is 1. The third kappa shape index (κ3) is 5.32. The van der Waals surface area contributed by atoms with Gasteiger partial charge in [-0.1, -0.05) is 31.5 Å². The van der Waals surface area contributed by atoms with Gasteiger partial charge in [-0.15, -0.1) is 12.4 Å². The number of furan rings is 1. The van der Waals surface area contributed by atoms with Gasteiger partial charge >= 0.3 is 0 Å². The van der Waals surface area contributed by atoms with Gasteiger partial charge in [0.2, 0.25) is 11.8 Å². The SMILES string of the molecule is CCCc1c(CN(C)C(=O)/C=C/c2cnc3c(c2)CNC(C)(C)C(=O)N3)oc2ccccc12.Cl. The van der Waals surface area contributed by atoms with Gasteiger partial charge in [0.05, 0.1) is 12.1 Å². The summed E-state index contributed by atoms with van der Waals surface area (Å²) in [5.41, 5.74) is 3.02. The number of pyridine rings is 1. The van der Waals surface area contributed by atoms with E-state index in [1.165, 1.54) is 11.6 Å². The quantitative estimate of drug-likeness (QED) is 0.497. The Balaban J connectivity index is 0.00000324. The van der Waals surface area contributed by atoms with E-state index in [2.05, 4.69) is 28.6 Å². The Morgan fingerprint density at radius 1 is 1.29 bits per heavy atom. The van der Waals surface area contributed by atoms with Crippen molar-refractivity contribution in [2.75, 3.05) is 12.4 Å². The zero-order valence-corrected chi connectivity index (χ0v) is 20.8. The van der Waals surface area contributed by atoms with E-state index in [-0.39, 0.29) is 24.2 Å². The molecule has 0 unspecified atom stereocenters. The zero-order valence-electron chi connectivity index (χ0n) is 20.0. The molecule has 1 aliphatic heterocycles. The summed E-state index contributed by atoms with van der Waals surface area (Å²) in [5.74, 6) is 1.13. The lowest BCUT2D eigenvalue weighted by Crippen LogP contribution is -2.47. The van der Waals surface area contributed by atoms with E-state index in [9.17, 15) is 9.59 Å². The number of amides is 2. The van der Waals surface area contributed by atoms with Crippen LogP contribution in [0, 0.1) is 0 Å². The Hall–Kier alpha value is -3.16. The van der Waals surface area contributed by atoms with Crippen LogP contribution in [0.2, 0.25) is 0 Å². The summed E-state index contributed by atoms with van der Waals surface area (Å²) in [6.45, 7) is 6.71. The lowest BCUT2D eigenvalue weighted by atomic mass is 10.1. The van der Waals surface area contributed by atoms with Crippen molar-refractivity contribution in [3.8, 4) is 0 Å². The average molecular weight is 483 g/mol. The van der Waals surface area contributed by atoms with E-state index in [0.717, 1.165) is 40.7 Å². The molecule has 0 bridgehead atoms. The standard InChI is InChI=1S/C26H30N4O3.ClH/c1-5-8-19-20-9-6-7-10-21(20)33-22(19)16-30(4)23(31)12-11-17-13-18-15-28-26(2,3)25(32)29-24(18)27-14-17;/h6-7,9-14,28H,5,8,15-16H2,1-4H3,(H,27,29,32);1H/b12-11+;. The van der Waals surface area contributed by atoms with Gasteiger partial charge in [0.15, 0.2) is 0 Å². The summed E-state index contributed by atoms with van der Waals surface area (Å²) in [6, 6.07) is 9.93. The zero-order chi connectivity index (χ0) is 23.6. The molecule has 34 heavy (non-hydrogen) atoms. The second-order valence-corrected chi connectivity index (χ2v) is 8.99. The van der Waals surface area contributed by atoms with E-state index < -0.39 is 5.54 Å². The maximum atomic E-state index is 12.8. The van der Waals surface area contributed by atoms with Crippen molar-refractivity contribution in [2.24, 2.45) is 0 Å². The first-order valence-electron chi connectivity index (χ1n) is 11.3. The van der Waals surface area contributed by atoms with Gasteiger partial charge in [-0.25, -0.2) is 4.98 Å². The molecule has 0 atom stereocenters. The Bertz CT molecular complexity index is 1230. The second-order valence-electron chi connectivity index (χ2n) is 8.99. The third-order valence-electron chi connectivity index (χ3n) is 5.97. The molecule has 3 heterocycles. The summed E-state index contributed by atoms with van der Waals surface area (Å²) in [6.07, 6.45) is 6.85. The van der Waals surface area contributed by atoms with Crippen LogP contribution in [0.3, 0.4) is 0 Å². The number of carbonyl (C=O) groups excluding carboxylic acids is 2. The smallest absolute Gasteiger partial charge is 0.246 e. The molecule has 2 aromatic heterocycles. The molecule has 0 saturated heterocycles. The molecule has 2 amide bonds. The molecule has 0 spiro atoms. The number of likely N-dealkylation sites (N-methyl/N-ethyl adjacent to an activating group) is 1. The average Bonchev–Trinajstić information content (AvgIpc) is 3.08. The molecule has 3 aromatic rings. The van der Waals surface area contributed by atoms with Gasteiger partial charge in [0, 0.05) is 42.4 Å². The first-order chi connectivity index (χ1) is 15.8. The highest BCUT2D eigenvalue weighted by Crippen LogP contribution is 2.28. The van der Waals surface area contributed by atoms with Crippen molar-refractivity contribution in [3.05, 3.63) is 65.1 Å².